The SMILES string of the molecule is Cc1ccc(S(=O)(=O)N(CC(=O)N2CCN(Cc3ccc4c(c3)OCO4)CC2)c2cccc(Cl)c2)cc1. The fourth-order valence-electron chi connectivity index (χ4n) is 4.46. The van der Waals surface area contributed by atoms with Crippen molar-refractivity contribution < 1.29 is 22.7 Å². The van der Waals surface area contributed by atoms with E-state index in [2.05, 4.69) is 4.90 Å². The maximum absolute atomic E-state index is 13.6. The minimum atomic E-state index is -3.98. The van der Waals surface area contributed by atoms with Crippen LogP contribution < -0.4 is 13.8 Å². The Morgan fingerprint density at radius 2 is 1.68 bits per heavy atom. The lowest BCUT2D eigenvalue weighted by molar-refractivity contribution is -0.131. The zero-order valence-corrected chi connectivity index (χ0v) is 22.0. The summed E-state index contributed by atoms with van der Waals surface area (Å²) in [6, 6.07) is 19.1. The number of carbonyl (C=O) groups excluding carboxylic acids is 1. The molecule has 0 saturated carbocycles. The number of ether oxygens (including phenoxy) is 2. The number of anilines is 1. The topological polar surface area (TPSA) is 79.4 Å². The number of hydrogen-bond acceptors (Lipinski definition) is 6. The van der Waals surface area contributed by atoms with Gasteiger partial charge >= 0.3 is 0 Å². The van der Waals surface area contributed by atoms with Crippen molar-refractivity contribution in [3.63, 3.8) is 0 Å². The second kappa shape index (κ2) is 10.6. The van der Waals surface area contributed by atoms with Crippen LogP contribution in [-0.2, 0) is 21.4 Å². The summed E-state index contributed by atoms with van der Waals surface area (Å²) >= 11 is 6.17. The van der Waals surface area contributed by atoms with Gasteiger partial charge in [-0.05, 0) is 55.0 Å². The molecule has 0 radical (unpaired) electrons. The fourth-order valence-corrected chi connectivity index (χ4v) is 6.05. The number of amides is 1. The van der Waals surface area contributed by atoms with Crippen LogP contribution in [0.15, 0.2) is 71.6 Å². The van der Waals surface area contributed by atoms with Crippen molar-refractivity contribution in [1.82, 2.24) is 9.80 Å². The summed E-state index contributed by atoms with van der Waals surface area (Å²) in [5.74, 6) is 1.25. The standard InChI is InChI=1S/C27H28ClN3O5S/c1-20-5-8-24(9-6-20)37(33,34)31(23-4-2-3-22(28)16-23)18-27(32)30-13-11-29(12-14-30)17-21-7-10-25-26(15-21)36-19-35-25/h2-10,15-16H,11-14,17-19H2,1H3. The van der Waals surface area contributed by atoms with Gasteiger partial charge in [0.05, 0.1) is 10.6 Å². The van der Waals surface area contributed by atoms with Crippen molar-refractivity contribution in [2.24, 2.45) is 0 Å². The lowest BCUT2D eigenvalue weighted by Crippen LogP contribution is -2.51. The minimum absolute atomic E-state index is 0.124. The molecule has 3 aromatic carbocycles. The van der Waals surface area contributed by atoms with E-state index < -0.39 is 10.0 Å². The molecule has 37 heavy (non-hydrogen) atoms. The van der Waals surface area contributed by atoms with Gasteiger partial charge in [0.25, 0.3) is 10.0 Å². The van der Waals surface area contributed by atoms with Crippen LogP contribution >= 0.6 is 11.6 Å². The Kier molecular flexibility index (Phi) is 7.28. The van der Waals surface area contributed by atoms with E-state index in [0.717, 1.165) is 33.5 Å². The Labute approximate surface area is 222 Å². The smallest absolute Gasteiger partial charge is 0.264 e. The molecule has 194 valence electrons. The number of fused-ring (bicyclic) bond motifs is 1. The van der Waals surface area contributed by atoms with Crippen LogP contribution in [0.4, 0.5) is 5.69 Å². The molecule has 0 atom stereocenters. The Morgan fingerprint density at radius 3 is 2.41 bits per heavy atom. The molecule has 1 fully saturated rings. The predicted octanol–water partition coefficient (Wildman–Crippen LogP) is 3.92. The molecule has 2 heterocycles. The van der Waals surface area contributed by atoms with Crippen LogP contribution in [0.1, 0.15) is 11.1 Å². The molecule has 0 spiro atoms. The first kappa shape index (κ1) is 25.4. The van der Waals surface area contributed by atoms with E-state index in [4.69, 9.17) is 21.1 Å². The third-order valence-corrected chi connectivity index (χ3v) is 8.58. The number of rotatable bonds is 7. The average molecular weight is 542 g/mol. The van der Waals surface area contributed by atoms with E-state index >= 15 is 0 Å². The number of aryl methyl sites for hydroxylation is 1. The van der Waals surface area contributed by atoms with Crippen molar-refractivity contribution in [3.05, 3.63) is 82.9 Å². The first-order valence-electron chi connectivity index (χ1n) is 12.0. The van der Waals surface area contributed by atoms with Crippen LogP contribution in [0.3, 0.4) is 0 Å². The zero-order valence-electron chi connectivity index (χ0n) is 20.5. The first-order valence-corrected chi connectivity index (χ1v) is 13.8. The van der Waals surface area contributed by atoms with Crippen molar-refractivity contribution in [2.45, 2.75) is 18.4 Å². The number of halogens is 1. The van der Waals surface area contributed by atoms with Gasteiger partial charge in [-0.3, -0.25) is 14.0 Å². The molecule has 10 heteroatoms. The van der Waals surface area contributed by atoms with E-state index in [0.29, 0.717) is 36.9 Å². The highest BCUT2D eigenvalue weighted by atomic mass is 35.5. The number of carbonyl (C=O) groups is 1. The Morgan fingerprint density at radius 1 is 0.946 bits per heavy atom. The van der Waals surface area contributed by atoms with Gasteiger partial charge in [0, 0.05) is 37.7 Å². The van der Waals surface area contributed by atoms with Gasteiger partial charge in [0.15, 0.2) is 11.5 Å². The van der Waals surface area contributed by atoms with Crippen LogP contribution in [0.25, 0.3) is 0 Å². The van der Waals surface area contributed by atoms with Gasteiger partial charge in [-0.2, -0.15) is 0 Å². The summed E-state index contributed by atoms with van der Waals surface area (Å²) in [4.78, 5) is 17.4. The van der Waals surface area contributed by atoms with E-state index in [9.17, 15) is 13.2 Å². The molecule has 8 nitrogen and oxygen atoms in total. The molecule has 0 bridgehead atoms. The largest absolute Gasteiger partial charge is 0.454 e. The number of piperazine rings is 1. The van der Waals surface area contributed by atoms with E-state index in [1.165, 1.54) is 0 Å². The molecule has 5 rings (SSSR count). The number of sulfonamides is 1. The van der Waals surface area contributed by atoms with Crippen LogP contribution in [0.2, 0.25) is 5.02 Å². The van der Waals surface area contributed by atoms with Crippen molar-refractivity contribution in [3.8, 4) is 11.5 Å². The number of benzene rings is 3. The molecule has 0 aromatic heterocycles. The normalized spacial score (nSPS) is 15.6. The highest BCUT2D eigenvalue weighted by molar-refractivity contribution is 7.92. The van der Waals surface area contributed by atoms with E-state index in [-0.39, 0.29) is 24.1 Å². The third kappa shape index (κ3) is 5.69. The summed E-state index contributed by atoms with van der Waals surface area (Å²) < 4.78 is 39.2. The van der Waals surface area contributed by atoms with Crippen LogP contribution in [0, 0.1) is 6.92 Å². The maximum atomic E-state index is 13.6. The molecule has 3 aromatic rings. The molecule has 0 aliphatic carbocycles. The molecular formula is C27H28ClN3O5S. The fraction of sp³-hybridized carbons (Fsp3) is 0.296. The predicted molar refractivity (Wildman–Crippen MR) is 142 cm³/mol. The van der Waals surface area contributed by atoms with Gasteiger partial charge in [-0.15, -0.1) is 0 Å². The quantitative estimate of drug-likeness (QED) is 0.451. The van der Waals surface area contributed by atoms with Gasteiger partial charge in [-0.1, -0.05) is 41.4 Å². The van der Waals surface area contributed by atoms with Crippen molar-refractivity contribution in [2.75, 3.05) is 43.8 Å². The molecule has 2 aliphatic heterocycles. The Hall–Kier alpha value is -3.27. The second-order valence-electron chi connectivity index (χ2n) is 9.15. The summed E-state index contributed by atoms with van der Waals surface area (Å²) in [5.41, 5.74) is 2.41. The van der Waals surface area contributed by atoms with E-state index in [1.807, 2.05) is 25.1 Å². The van der Waals surface area contributed by atoms with Crippen LogP contribution in [0.5, 0.6) is 11.5 Å². The van der Waals surface area contributed by atoms with Gasteiger partial charge in [0.2, 0.25) is 12.7 Å². The third-order valence-electron chi connectivity index (χ3n) is 6.55. The minimum Gasteiger partial charge on any atom is -0.454 e. The summed E-state index contributed by atoms with van der Waals surface area (Å²) in [5, 5.41) is 0.395. The first-order chi connectivity index (χ1) is 17.8. The second-order valence-corrected chi connectivity index (χ2v) is 11.4. The molecular weight excluding hydrogens is 514 g/mol. The Balaban J connectivity index is 1.27. The van der Waals surface area contributed by atoms with Crippen LogP contribution in [-0.4, -0.2) is 63.6 Å². The van der Waals surface area contributed by atoms with Gasteiger partial charge in [-0.25, -0.2) is 8.42 Å². The number of hydrogen-bond donors (Lipinski definition) is 0. The Bertz CT molecular complexity index is 1390. The van der Waals surface area contributed by atoms with Crippen molar-refractivity contribution >= 4 is 33.2 Å². The lowest BCUT2D eigenvalue weighted by atomic mass is 10.1. The zero-order chi connectivity index (χ0) is 26.0. The van der Waals surface area contributed by atoms with E-state index in [1.54, 1.807) is 53.4 Å². The molecule has 1 amide bonds. The summed E-state index contributed by atoms with van der Waals surface area (Å²) in [6.45, 7) is 4.94. The monoisotopic (exact) mass is 541 g/mol. The highest BCUT2D eigenvalue weighted by Crippen LogP contribution is 2.33. The average Bonchev–Trinajstić information content (AvgIpc) is 3.36. The van der Waals surface area contributed by atoms with Gasteiger partial charge < -0.3 is 14.4 Å². The maximum Gasteiger partial charge on any atom is 0.264 e. The summed E-state index contributed by atoms with van der Waals surface area (Å²) in [6.07, 6.45) is 0. The molecule has 0 N–H and O–H groups in total. The number of nitrogens with zero attached hydrogens (tertiary/aromatic N) is 3. The molecule has 1 saturated heterocycles. The lowest BCUT2D eigenvalue weighted by Gasteiger charge is -2.36. The molecule has 2 aliphatic rings. The van der Waals surface area contributed by atoms with Gasteiger partial charge in [0.1, 0.15) is 6.54 Å². The summed E-state index contributed by atoms with van der Waals surface area (Å²) in [7, 11) is -3.98. The molecule has 0 unspecified atom stereocenters. The van der Waals surface area contributed by atoms with Crippen molar-refractivity contribution in [1.29, 1.82) is 0 Å². The highest BCUT2D eigenvalue weighted by Gasteiger charge is 2.30.